The van der Waals surface area contributed by atoms with Gasteiger partial charge in [0.15, 0.2) is 0 Å². The summed E-state index contributed by atoms with van der Waals surface area (Å²) in [5.41, 5.74) is 7.10. The van der Waals surface area contributed by atoms with E-state index < -0.39 is 5.82 Å². The second-order valence-electron chi connectivity index (χ2n) is 4.16. The van der Waals surface area contributed by atoms with Gasteiger partial charge in [-0.15, -0.1) is 11.3 Å². The van der Waals surface area contributed by atoms with Crippen LogP contribution in [0.5, 0.6) is 0 Å². The second-order valence-corrected chi connectivity index (χ2v) is 5.88. The number of anilines is 1. The van der Waals surface area contributed by atoms with Crippen LogP contribution in [0.15, 0.2) is 18.3 Å². The summed E-state index contributed by atoms with van der Waals surface area (Å²) >= 11 is 7.40. The van der Waals surface area contributed by atoms with Gasteiger partial charge in [-0.2, -0.15) is 0 Å². The molecule has 2 heterocycles. The van der Waals surface area contributed by atoms with E-state index in [4.69, 9.17) is 17.3 Å². The molecule has 0 unspecified atom stereocenters. The van der Waals surface area contributed by atoms with Crippen molar-refractivity contribution in [2.75, 3.05) is 5.73 Å². The summed E-state index contributed by atoms with van der Waals surface area (Å²) in [6, 6.07) is 2.84. The van der Waals surface area contributed by atoms with Crippen molar-refractivity contribution >= 4 is 39.9 Å². The molecule has 0 radical (unpaired) electrons. The van der Waals surface area contributed by atoms with E-state index in [0.29, 0.717) is 18.0 Å². The van der Waals surface area contributed by atoms with Gasteiger partial charge >= 0.3 is 0 Å². The lowest BCUT2D eigenvalue weighted by atomic mass is 10.3. The highest BCUT2D eigenvalue weighted by atomic mass is 35.5. The van der Waals surface area contributed by atoms with Crippen LogP contribution in [-0.4, -0.2) is 14.5 Å². The quantitative estimate of drug-likeness (QED) is 0.790. The van der Waals surface area contributed by atoms with E-state index >= 15 is 0 Å². The Kier molecular flexibility index (Phi) is 2.91. The number of nitrogens with two attached hydrogens (primary N) is 1. The Hall–Kier alpha value is -1.66. The highest BCUT2D eigenvalue weighted by Gasteiger charge is 2.12. The zero-order chi connectivity index (χ0) is 13.6. The lowest BCUT2D eigenvalue weighted by Gasteiger charge is -2.04. The van der Waals surface area contributed by atoms with Crippen molar-refractivity contribution in [3.63, 3.8) is 0 Å². The zero-order valence-corrected chi connectivity index (χ0v) is 11.6. The molecule has 0 saturated heterocycles. The lowest BCUT2D eigenvalue weighted by Crippen LogP contribution is -2.03. The molecule has 0 spiro atoms. The van der Waals surface area contributed by atoms with Crippen molar-refractivity contribution in [1.82, 2.24) is 14.5 Å². The first-order chi connectivity index (χ1) is 9.04. The molecule has 4 nitrogen and oxygen atoms in total. The minimum Gasteiger partial charge on any atom is -0.369 e. The van der Waals surface area contributed by atoms with E-state index in [1.54, 1.807) is 28.2 Å². The van der Waals surface area contributed by atoms with Gasteiger partial charge in [-0.1, -0.05) is 11.6 Å². The van der Waals surface area contributed by atoms with Crippen LogP contribution in [0.1, 0.15) is 9.88 Å². The normalized spacial score (nSPS) is 11.3. The van der Waals surface area contributed by atoms with Crippen LogP contribution in [0.2, 0.25) is 5.02 Å². The van der Waals surface area contributed by atoms with Gasteiger partial charge < -0.3 is 10.3 Å². The van der Waals surface area contributed by atoms with Crippen LogP contribution >= 0.6 is 22.9 Å². The molecule has 98 valence electrons. The molecule has 1 aromatic carbocycles. The SMILES string of the molecule is Cc1ncc(Cn2c(N)nc3cc(F)c(Cl)cc32)s1. The molecule has 7 heteroatoms. The Morgan fingerprint density at radius 3 is 2.95 bits per heavy atom. The fourth-order valence-electron chi connectivity index (χ4n) is 1.94. The summed E-state index contributed by atoms with van der Waals surface area (Å²) in [7, 11) is 0. The predicted molar refractivity (Wildman–Crippen MR) is 75.1 cm³/mol. The predicted octanol–water partition coefficient (Wildman–Crippen LogP) is 3.22. The Balaban J connectivity index is 2.12. The summed E-state index contributed by atoms with van der Waals surface area (Å²) in [5.74, 6) is -0.157. The van der Waals surface area contributed by atoms with Crippen molar-refractivity contribution in [1.29, 1.82) is 0 Å². The molecular weight excluding hydrogens is 287 g/mol. The highest BCUT2D eigenvalue weighted by molar-refractivity contribution is 7.11. The second kappa shape index (κ2) is 4.47. The number of thiazole rings is 1. The van der Waals surface area contributed by atoms with Crippen molar-refractivity contribution < 1.29 is 4.39 Å². The minimum atomic E-state index is -0.493. The standard InChI is InChI=1S/C12H10ClFN4S/c1-6-16-4-7(19-6)5-18-11-2-8(13)9(14)3-10(11)17-12(18)15/h2-4H,5H2,1H3,(H2,15,17). The zero-order valence-electron chi connectivity index (χ0n) is 10.0. The van der Waals surface area contributed by atoms with E-state index in [-0.39, 0.29) is 5.02 Å². The van der Waals surface area contributed by atoms with Gasteiger partial charge in [-0.05, 0) is 13.0 Å². The number of aromatic nitrogens is 3. The van der Waals surface area contributed by atoms with E-state index in [1.165, 1.54) is 6.07 Å². The van der Waals surface area contributed by atoms with Crippen LogP contribution < -0.4 is 5.73 Å². The number of halogens is 2. The molecule has 0 bridgehead atoms. The number of hydrogen-bond acceptors (Lipinski definition) is 4. The Labute approximate surface area is 117 Å². The number of rotatable bonds is 2. The third-order valence-electron chi connectivity index (χ3n) is 2.80. The number of aryl methyl sites for hydroxylation is 1. The molecule has 3 rings (SSSR count). The van der Waals surface area contributed by atoms with Gasteiger partial charge in [0.1, 0.15) is 5.82 Å². The first-order valence-electron chi connectivity index (χ1n) is 5.56. The fraction of sp³-hybridized carbons (Fsp3) is 0.167. The summed E-state index contributed by atoms with van der Waals surface area (Å²) in [6.45, 7) is 2.49. The molecule has 0 atom stereocenters. The molecule has 0 aliphatic heterocycles. The van der Waals surface area contributed by atoms with Gasteiger partial charge in [-0.25, -0.2) is 14.4 Å². The lowest BCUT2D eigenvalue weighted by molar-refractivity contribution is 0.629. The minimum absolute atomic E-state index is 0.0640. The topological polar surface area (TPSA) is 56.7 Å². The maximum absolute atomic E-state index is 13.4. The van der Waals surface area contributed by atoms with Crippen LogP contribution in [-0.2, 0) is 6.54 Å². The number of fused-ring (bicyclic) bond motifs is 1. The number of nitrogens with zero attached hydrogens (tertiary/aromatic N) is 3. The van der Waals surface area contributed by atoms with Gasteiger partial charge in [-0.3, -0.25) is 0 Å². The van der Waals surface area contributed by atoms with Crippen molar-refractivity contribution in [3.05, 3.63) is 39.1 Å². The molecule has 2 N–H and O–H groups in total. The van der Waals surface area contributed by atoms with Crippen molar-refractivity contribution in [3.8, 4) is 0 Å². The molecule has 0 aliphatic rings. The molecule has 0 saturated carbocycles. The third kappa shape index (κ3) is 2.17. The Morgan fingerprint density at radius 1 is 1.47 bits per heavy atom. The van der Waals surface area contributed by atoms with Crippen molar-refractivity contribution in [2.45, 2.75) is 13.5 Å². The van der Waals surface area contributed by atoms with Crippen LogP contribution in [0.25, 0.3) is 11.0 Å². The molecule has 2 aromatic heterocycles. The number of hydrogen-bond donors (Lipinski definition) is 1. The molecule has 0 fully saturated rings. The maximum atomic E-state index is 13.4. The maximum Gasteiger partial charge on any atom is 0.201 e. The van der Waals surface area contributed by atoms with Crippen LogP contribution in [0.3, 0.4) is 0 Å². The molecule has 0 aliphatic carbocycles. The third-order valence-corrected chi connectivity index (χ3v) is 3.99. The van der Waals surface area contributed by atoms with Crippen LogP contribution in [0.4, 0.5) is 10.3 Å². The summed E-state index contributed by atoms with van der Waals surface area (Å²) in [6.07, 6.45) is 1.80. The highest BCUT2D eigenvalue weighted by Crippen LogP contribution is 2.26. The van der Waals surface area contributed by atoms with E-state index in [9.17, 15) is 4.39 Å². The Morgan fingerprint density at radius 2 is 2.26 bits per heavy atom. The number of imidazole rings is 1. The van der Waals surface area contributed by atoms with E-state index in [0.717, 1.165) is 15.4 Å². The molecule has 3 aromatic rings. The average Bonchev–Trinajstić information content (AvgIpc) is 2.87. The number of benzene rings is 1. The number of nitrogen functional groups attached to an aromatic ring is 1. The summed E-state index contributed by atoms with van der Waals surface area (Å²) < 4.78 is 15.2. The van der Waals surface area contributed by atoms with Gasteiger partial charge in [0.2, 0.25) is 5.95 Å². The average molecular weight is 297 g/mol. The van der Waals surface area contributed by atoms with Crippen LogP contribution in [0, 0.1) is 12.7 Å². The molecule has 19 heavy (non-hydrogen) atoms. The first kappa shape index (κ1) is 12.4. The first-order valence-corrected chi connectivity index (χ1v) is 6.76. The fourth-order valence-corrected chi connectivity index (χ4v) is 2.88. The monoisotopic (exact) mass is 296 g/mol. The van der Waals surface area contributed by atoms with E-state index in [2.05, 4.69) is 9.97 Å². The van der Waals surface area contributed by atoms with E-state index in [1.807, 2.05) is 6.92 Å². The molecular formula is C12H10ClFN4S. The Bertz CT molecular complexity index is 765. The smallest absolute Gasteiger partial charge is 0.201 e. The summed E-state index contributed by atoms with van der Waals surface area (Å²) in [4.78, 5) is 9.40. The van der Waals surface area contributed by atoms with Crippen molar-refractivity contribution in [2.24, 2.45) is 0 Å². The summed E-state index contributed by atoms with van der Waals surface area (Å²) in [5, 5.41) is 1.05. The molecule has 0 amide bonds. The van der Waals surface area contributed by atoms with Gasteiger partial charge in [0.25, 0.3) is 0 Å². The van der Waals surface area contributed by atoms with Gasteiger partial charge in [0.05, 0.1) is 27.6 Å². The largest absolute Gasteiger partial charge is 0.369 e. The van der Waals surface area contributed by atoms with Gasteiger partial charge in [0, 0.05) is 17.1 Å².